The van der Waals surface area contributed by atoms with Crippen LogP contribution in [-0.2, 0) is 6.54 Å². The van der Waals surface area contributed by atoms with E-state index in [0.29, 0.717) is 12.1 Å². The molecule has 4 aromatic rings. The Morgan fingerprint density at radius 3 is 2.50 bits per heavy atom. The average molecular weight is 316 g/mol. The molecule has 0 fully saturated rings. The van der Waals surface area contributed by atoms with Crippen molar-refractivity contribution in [3.8, 4) is 5.75 Å². The van der Waals surface area contributed by atoms with Crippen LogP contribution in [-0.4, -0.2) is 15.6 Å². The summed E-state index contributed by atoms with van der Waals surface area (Å²) in [6, 6.07) is 20.9. The summed E-state index contributed by atoms with van der Waals surface area (Å²) in [4.78, 5) is 11.9. The molecule has 0 bridgehead atoms. The van der Waals surface area contributed by atoms with Crippen LogP contribution in [0.2, 0.25) is 0 Å². The van der Waals surface area contributed by atoms with Gasteiger partial charge in [0.2, 0.25) is 5.91 Å². The Kier molecular flexibility index (Phi) is 3.24. The second kappa shape index (κ2) is 5.42. The fraction of sp³-hybridized carbons (Fsp3) is 0.0500. The highest BCUT2D eigenvalue weighted by atomic mass is 16.3. The molecule has 0 aliphatic heterocycles. The summed E-state index contributed by atoms with van der Waals surface area (Å²) in [5.74, 6) is -0.303. The van der Waals surface area contributed by atoms with Gasteiger partial charge in [-0.1, -0.05) is 36.4 Å². The van der Waals surface area contributed by atoms with E-state index in [1.54, 1.807) is 18.2 Å². The molecular weight excluding hydrogens is 300 g/mol. The predicted octanol–water partition coefficient (Wildman–Crippen LogP) is 3.65. The molecule has 1 heterocycles. The quantitative estimate of drug-likeness (QED) is 0.606. The highest BCUT2D eigenvalue weighted by Gasteiger charge is 2.16. The number of phenols is 1. The number of fused-ring (bicyclic) bond motifs is 3. The second-order valence-corrected chi connectivity index (χ2v) is 5.84. The number of primary amides is 1. The standard InChI is InChI=1S/C20H16N2O2/c21-20(24)15-7-4-8-18-19(15)16-11-14(23)9-10-17(16)22(18)12-13-5-2-1-3-6-13/h1-11,23H,12H2,(H2,21,24). The third-order valence-electron chi connectivity index (χ3n) is 4.32. The number of nitrogens with two attached hydrogens (primary N) is 1. The molecule has 0 saturated heterocycles. The highest BCUT2D eigenvalue weighted by molar-refractivity contribution is 6.18. The number of carbonyl (C=O) groups is 1. The van der Waals surface area contributed by atoms with Crippen LogP contribution < -0.4 is 5.73 Å². The number of benzene rings is 3. The number of aromatic nitrogens is 1. The molecule has 0 atom stereocenters. The molecule has 3 N–H and O–H groups in total. The summed E-state index contributed by atoms with van der Waals surface area (Å²) in [5, 5.41) is 11.5. The van der Waals surface area contributed by atoms with Crippen molar-refractivity contribution in [2.45, 2.75) is 6.54 Å². The van der Waals surface area contributed by atoms with Crippen LogP contribution in [0.15, 0.2) is 66.7 Å². The van der Waals surface area contributed by atoms with Gasteiger partial charge < -0.3 is 15.4 Å². The first-order valence-corrected chi connectivity index (χ1v) is 7.73. The number of nitrogens with zero attached hydrogens (tertiary/aromatic N) is 1. The van der Waals surface area contributed by atoms with Crippen molar-refractivity contribution in [3.05, 3.63) is 77.9 Å². The van der Waals surface area contributed by atoms with Gasteiger partial charge in [0.05, 0.1) is 5.52 Å². The molecule has 4 rings (SSSR count). The lowest BCUT2D eigenvalue weighted by Crippen LogP contribution is -2.11. The van der Waals surface area contributed by atoms with E-state index < -0.39 is 5.91 Å². The normalized spacial score (nSPS) is 11.2. The van der Waals surface area contributed by atoms with E-state index in [4.69, 9.17) is 5.73 Å². The van der Waals surface area contributed by atoms with Crippen LogP contribution >= 0.6 is 0 Å². The minimum atomic E-state index is -0.470. The topological polar surface area (TPSA) is 68.2 Å². The molecule has 0 spiro atoms. The highest BCUT2D eigenvalue weighted by Crippen LogP contribution is 2.34. The Bertz CT molecular complexity index is 1070. The minimum absolute atomic E-state index is 0.167. The van der Waals surface area contributed by atoms with E-state index >= 15 is 0 Å². The molecule has 0 unspecified atom stereocenters. The van der Waals surface area contributed by atoms with Gasteiger partial charge in [-0.15, -0.1) is 0 Å². The molecule has 3 aromatic carbocycles. The number of phenolic OH excluding ortho intramolecular Hbond substituents is 1. The van der Waals surface area contributed by atoms with Crippen LogP contribution in [0.1, 0.15) is 15.9 Å². The first-order chi connectivity index (χ1) is 11.6. The Labute approximate surface area is 138 Å². The molecular formula is C20H16N2O2. The number of carbonyl (C=O) groups excluding carboxylic acids is 1. The zero-order valence-electron chi connectivity index (χ0n) is 12.9. The fourth-order valence-corrected chi connectivity index (χ4v) is 3.28. The maximum absolute atomic E-state index is 11.9. The zero-order chi connectivity index (χ0) is 16.7. The van der Waals surface area contributed by atoms with Crippen molar-refractivity contribution in [1.29, 1.82) is 0 Å². The number of aromatic hydroxyl groups is 1. The summed E-state index contributed by atoms with van der Waals surface area (Å²) in [6.07, 6.45) is 0. The number of hydrogen-bond acceptors (Lipinski definition) is 2. The van der Waals surface area contributed by atoms with Crippen LogP contribution in [0, 0.1) is 0 Å². The molecule has 118 valence electrons. The number of hydrogen-bond donors (Lipinski definition) is 2. The molecule has 4 heteroatoms. The van der Waals surface area contributed by atoms with E-state index in [0.717, 1.165) is 27.4 Å². The Morgan fingerprint density at radius 2 is 1.75 bits per heavy atom. The molecule has 1 amide bonds. The molecule has 0 radical (unpaired) electrons. The SMILES string of the molecule is NC(=O)c1cccc2c1c1cc(O)ccc1n2Cc1ccccc1. The van der Waals surface area contributed by atoms with Crippen LogP contribution in [0.5, 0.6) is 5.75 Å². The maximum atomic E-state index is 11.9. The van der Waals surface area contributed by atoms with E-state index in [1.165, 1.54) is 0 Å². The van der Waals surface area contributed by atoms with Gasteiger partial charge >= 0.3 is 0 Å². The van der Waals surface area contributed by atoms with Gasteiger partial charge in [-0.3, -0.25) is 4.79 Å². The van der Waals surface area contributed by atoms with Crippen molar-refractivity contribution < 1.29 is 9.90 Å². The summed E-state index contributed by atoms with van der Waals surface area (Å²) in [7, 11) is 0. The van der Waals surface area contributed by atoms with Crippen LogP contribution in [0.25, 0.3) is 21.8 Å². The largest absolute Gasteiger partial charge is 0.508 e. The lowest BCUT2D eigenvalue weighted by molar-refractivity contribution is 0.100. The van der Waals surface area contributed by atoms with E-state index in [2.05, 4.69) is 16.7 Å². The third kappa shape index (κ3) is 2.20. The van der Waals surface area contributed by atoms with Crippen molar-refractivity contribution in [1.82, 2.24) is 4.57 Å². The van der Waals surface area contributed by atoms with Gasteiger partial charge in [-0.2, -0.15) is 0 Å². The second-order valence-electron chi connectivity index (χ2n) is 5.84. The summed E-state index contributed by atoms with van der Waals surface area (Å²) >= 11 is 0. The zero-order valence-corrected chi connectivity index (χ0v) is 12.9. The first-order valence-electron chi connectivity index (χ1n) is 7.73. The molecule has 1 aromatic heterocycles. The Hall–Kier alpha value is -3.27. The van der Waals surface area contributed by atoms with Crippen molar-refractivity contribution in [2.75, 3.05) is 0 Å². The molecule has 0 aliphatic rings. The van der Waals surface area contributed by atoms with Gasteiger partial charge in [0.1, 0.15) is 5.75 Å². The average Bonchev–Trinajstić information content (AvgIpc) is 2.89. The maximum Gasteiger partial charge on any atom is 0.249 e. The van der Waals surface area contributed by atoms with E-state index in [-0.39, 0.29) is 5.75 Å². The lowest BCUT2D eigenvalue weighted by atomic mass is 10.1. The minimum Gasteiger partial charge on any atom is -0.508 e. The monoisotopic (exact) mass is 316 g/mol. The van der Waals surface area contributed by atoms with Gasteiger partial charge in [0, 0.05) is 28.4 Å². The van der Waals surface area contributed by atoms with Crippen LogP contribution in [0.3, 0.4) is 0 Å². The fourth-order valence-electron chi connectivity index (χ4n) is 3.28. The molecule has 4 nitrogen and oxygen atoms in total. The summed E-state index contributed by atoms with van der Waals surface area (Å²) in [5.41, 5.74) is 9.07. The Morgan fingerprint density at radius 1 is 0.958 bits per heavy atom. The van der Waals surface area contributed by atoms with Gasteiger partial charge in [-0.05, 0) is 35.9 Å². The molecule has 24 heavy (non-hydrogen) atoms. The van der Waals surface area contributed by atoms with Crippen molar-refractivity contribution >= 4 is 27.7 Å². The van der Waals surface area contributed by atoms with Gasteiger partial charge in [0.25, 0.3) is 0 Å². The van der Waals surface area contributed by atoms with Crippen molar-refractivity contribution in [2.24, 2.45) is 5.73 Å². The number of rotatable bonds is 3. The predicted molar refractivity (Wildman–Crippen MR) is 95.2 cm³/mol. The summed E-state index contributed by atoms with van der Waals surface area (Å²) in [6.45, 7) is 0.674. The van der Waals surface area contributed by atoms with Gasteiger partial charge in [0.15, 0.2) is 0 Å². The molecule has 0 saturated carbocycles. The Balaban J connectivity index is 2.08. The third-order valence-corrected chi connectivity index (χ3v) is 4.32. The van der Waals surface area contributed by atoms with Crippen LogP contribution in [0.4, 0.5) is 0 Å². The first kappa shape index (κ1) is 14.3. The van der Waals surface area contributed by atoms with Gasteiger partial charge in [-0.25, -0.2) is 0 Å². The molecule has 0 aliphatic carbocycles. The van der Waals surface area contributed by atoms with E-state index in [1.807, 2.05) is 36.4 Å². The number of amides is 1. The smallest absolute Gasteiger partial charge is 0.249 e. The van der Waals surface area contributed by atoms with E-state index in [9.17, 15) is 9.90 Å². The lowest BCUT2D eigenvalue weighted by Gasteiger charge is -2.08. The van der Waals surface area contributed by atoms with Crippen molar-refractivity contribution in [3.63, 3.8) is 0 Å². The summed E-state index contributed by atoms with van der Waals surface area (Å²) < 4.78 is 2.14.